The van der Waals surface area contributed by atoms with E-state index in [4.69, 9.17) is 5.73 Å². The third-order valence-corrected chi connectivity index (χ3v) is 3.24. The highest BCUT2D eigenvalue weighted by atomic mass is 32.2. The van der Waals surface area contributed by atoms with E-state index < -0.39 is 5.60 Å². The molecule has 1 atom stereocenters. The molecule has 1 unspecified atom stereocenters. The summed E-state index contributed by atoms with van der Waals surface area (Å²) in [4.78, 5) is 0. The molecule has 0 saturated heterocycles. The van der Waals surface area contributed by atoms with Gasteiger partial charge in [0.1, 0.15) is 0 Å². The Morgan fingerprint density at radius 2 is 2.12 bits per heavy atom. The monoisotopic (exact) mass is 240 g/mol. The number of benzene rings is 1. The molecule has 1 rings (SSSR count). The standard InChI is InChI=1S/C12H20N2OS/c1-12(15,9-16-2)8-14-7-10-5-3-4-6-11(10)13/h3-6,14-15H,7-9,13H2,1-2H3. The zero-order valence-electron chi connectivity index (χ0n) is 9.86. The average molecular weight is 240 g/mol. The van der Waals surface area contributed by atoms with Gasteiger partial charge in [-0.1, -0.05) is 18.2 Å². The first kappa shape index (κ1) is 13.4. The number of hydrogen-bond donors (Lipinski definition) is 3. The number of aliphatic hydroxyl groups is 1. The Balaban J connectivity index is 2.39. The number of nitrogens with two attached hydrogens (primary N) is 1. The summed E-state index contributed by atoms with van der Waals surface area (Å²) >= 11 is 1.64. The number of anilines is 1. The third kappa shape index (κ3) is 4.43. The third-order valence-electron chi connectivity index (χ3n) is 2.33. The molecule has 0 bridgehead atoms. The Bertz CT molecular complexity index is 329. The van der Waals surface area contributed by atoms with Crippen LogP contribution in [0.4, 0.5) is 5.69 Å². The molecule has 0 aliphatic carbocycles. The van der Waals surface area contributed by atoms with Crippen LogP contribution in [0.1, 0.15) is 12.5 Å². The van der Waals surface area contributed by atoms with Crippen molar-refractivity contribution in [2.45, 2.75) is 19.1 Å². The first-order valence-corrected chi connectivity index (χ1v) is 6.70. The van der Waals surface area contributed by atoms with Crippen LogP contribution in [0.15, 0.2) is 24.3 Å². The van der Waals surface area contributed by atoms with Crippen molar-refractivity contribution in [1.29, 1.82) is 0 Å². The van der Waals surface area contributed by atoms with Gasteiger partial charge in [-0.15, -0.1) is 0 Å². The van der Waals surface area contributed by atoms with E-state index >= 15 is 0 Å². The lowest BCUT2D eigenvalue weighted by molar-refractivity contribution is 0.0846. The van der Waals surface area contributed by atoms with E-state index in [0.717, 1.165) is 17.0 Å². The summed E-state index contributed by atoms with van der Waals surface area (Å²) in [6.45, 7) is 3.10. The SMILES string of the molecule is CSCC(C)(O)CNCc1ccccc1N. The lowest BCUT2D eigenvalue weighted by Crippen LogP contribution is -2.39. The minimum atomic E-state index is -0.664. The molecule has 0 radical (unpaired) electrons. The van der Waals surface area contributed by atoms with Crippen molar-refractivity contribution in [2.75, 3.05) is 24.3 Å². The number of thioether (sulfide) groups is 1. The molecule has 4 N–H and O–H groups in total. The van der Waals surface area contributed by atoms with E-state index in [0.29, 0.717) is 13.1 Å². The van der Waals surface area contributed by atoms with Crippen molar-refractivity contribution in [3.8, 4) is 0 Å². The van der Waals surface area contributed by atoms with Crippen molar-refractivity contribution >= 4 is 17.4 Å². The van der Waals surface area contributed by atoms with Gasteiger partial charge in [0.25, 0.3) is 0 Å². The molecule has 0 aliphatic heterocycles. The van der Waals surface area contributed by atoms with Crippen molar-refractivity contribution in [1.82, 2.24) is 5.32 Å². The van der Waals surface area contributed by atoms with Gasteiger partial charge >= 0.3 is 0 Å². The first-order valence-electron chi connectivity index (χ1n) is 5.30. The molecule has 4 heteroatoms. The van der Waals surface area contributed by atoms with Crippen LogP contribution in [-0.2, 0) is 6.54 Å². The van der Waals surface area contributed by atoms with Crippen LogP contribution in [0.25, 0.3) is 0 Å². The second-order valence-electron chi connectivity index (χ2n) is 4.23. The predicted octanol–water partition coefficient (Wildman–Crippen LogP) is 1.47. The fraction of sp³-hybridized carbons (Fsp3) is 0.500. The Hall–Kier alpha value is -0.710. The number of rotatable bonds is 6. The van der Waals surface area contributed by atoms with Gasteiger partial charge in [-0.25, -0.2) is 0 Å². The predicted molar refractivity (Wildman–Crippen MR) is 71.6 cm³/mol. The average Bonchev–Trinajstić information content (AvgIpc) is 2.20. The fourth-order valence-corrected chi connectivity index (χ4v) is 2.25. The van der Waals surface area contributed by atoms with Crippen molar-refractivity contribution in [2.24, 2.45) is 0 Å². The summed E-state index contributed by atoms with van der Waals surface area (Å²) in [6, 6.07) is 7.76. The van der Waals surface area contributed by atoms with E-state index in [2.05, 4.69) is 5.32 Å². The van der Waals surface area contributed by atoms with Gasteiger partial charge in [0.2, 0.25) is 0 Å². The molecule has 3 nitrogen and oxygen atoms in total. The van der Waals surface area contributed by atoms with Crippen LogP contribution in [-0.4, -0.2) is 29.3 Å². The maximum Gasteiger partial charge on any atom is 0.0833 e. The minimum absolute atomic E-state index is 0.572. The minimum Gasteiger partial charge on any atom is -0.398 e. The Morgan fingerprint density at radius 1 is 1.44 bits per heavy atom. The van der Waals surface area contributed by atoms with Crippen LogP contribution >= 0.6 is 11.8 Å². The van der Waals surface area contributed by atoms with E-state index in [9.17, 15) is 5.11 Å². The molecule has 16 heavy (non-hydrogen) atoms. The molecule has 1 aromatic carbocycles. The number of nitrogens with one attached hydrogen (secondary N) is 1. The maximum absolute atomic E-state index is 9.95. The lowest BCUT2D eigenvalue weighted by atomic mass is 10.1. The molecule has 0 spiro atoms. The van der Waals surface area contributed by atoms with E-state index in [1.807, 2.05) is 37.4 Å². The van der Waals surface area contributed by atoms with Gasteiger partial charge < -0.3 is 16.2 Å². The van der Waals surface area contributed by atoms with Crippen LogP contribution < -0.4 is 11.1 Å². The molecule has 0 aromatic heterocycles. The summed E-state index contributed by atoms with van der Waals surface area (Å²) in [6.07, 6.45) is 1.99. The van der Waals surface area contributed by atoms with E-state index in [1.54, 1.807) is 11.8 Å². The molecule has 0 saturated carbocycles. The smallest absolute Gasteiger partial charge is 0.0833 e. The molecular formula is C12H20N2OS. The molecule has 0 amide bonds. The highest BCUT2D eigenvalue weighted by Crippen LogP contribution is 2.12. The van der Waals surface area contributed by atoms with Gasteiger partial charge in [0.15, 0.2) is 0 Å². The highest BCUT2D eigenvalue weighted by molar-refractivity contribution is 7.98. The van der Waals surface area contributed by atoms with Crippen LogP contribution in [0.5, 0.6) is 0 Å². The molecule has 0 heterocycles. The normalized spacial score (nSPS) is 14.7. The summed E-state index contributed by atoms with van der Waals surface area (Å²) in [5.41, 5.74) is 7.02. The van der Waals surface area contributed by atoms with Gasteiger partial charge in [0, 0.05) is 24.5 Å². The highest BCUT2D eigenvalue weighted by Gasteiger charge is 2.18. The second kappa shape index (κ2) is 6.13. The van der Waals surface area contributed by atoms with Gasteiger partial charge in [-0.05, 0) is 24.8 Å². The first-order chi connectivity index (χ1) is 7.55. The number of para-hydroxylation sites is 1. The quantitative estimate of drug-likeness (QED) is 0.659. The molecule has 0 fully saturated rings. The molecule has 0 aliphatic rings. The Kier molecular flexibility index (Phi) is 5.12. The van der Waals surface area contributed by atoms with Crippen molar-refractivity contribution in [3.63, 3.8) is 0 Å². The van der Waals surface area contributed by atoms with Crippen LogP contribution in [0.3, 0.4) is 0 Å². The summed E-state index contributed by atoms with van der Waals surface area (Å²) in [5, 5.41) is 13.2. The molecular weight excluding hydrogens is 220 g/mol. The molecule has 90 valence electrons. The molecule has 1 aromatic rings. The summed E-state index contributed by atoms with van der Waals surface area (Å²) < 4.78 is 0. The van der Waals surface area contributed by atoms with Gasteiger partial charge in [-0.3, -0.25) is 0 Å². The summed E-state index contributed by atoms with van der Waals surface area (Å²) in [7, 11) is 0. The van der Waals surface area contributed by atoms with Crippen molar-refractivity contribution < 1.29 is 5.11 Å². The van der Waals surface area contributed by atoms with Gasteiger partial charge in [-0.2, -0.15) is 11.8 Å². The van der Waals surface area contributed by atoms with Crippen LogP contribution in [0.2, 0.25) is 0 Å². The Labute approximate surface area is 101 Å². The number of nitrogen functional groups attached to an aromatic ring is 1. The zero-order chi connectivity index (χ0) is 12.0. The Morgan fingerprint density at radius 3 is 2.75 bits per heavy atom. The summed E-state index contributed by atoms with van der Waals surface area (Å²) in [5.74, 6) is 0.726. The maximum atomic E-state index is 9.95. The van der Waals surface area contributed by atoms with Gasteiger partial charge in [0.05, 0.1) is 5.60 Å². The van der Waals surface area contributed by atoms with Crippen LogP contribution in [0, 0.1) is 0 Å². The second-order valence-corrected chi connectivity index (χ2v) is 5.10. The zero-order valence-corrected chi connectivity index (χ0v) is 10.7. The van der Waals surface area contributed by atoms with Crippen molar-refractivity contribution in [3.05, 3.63) is 29.8 Å². The lowest BCUT2D eigenvalue weighted by Gasteiger charge is -2.22. The van der Waals surface area contributed by atoms with E-state index in [-0.39, 0.29) is 0 Å². The van der Waals surface area contributed by atoms with E-state index in [1.165, 1.54) is 0 Å². The number of hydrogen-bond acceptors (Lipinski definition) is 4. The largest absolute Gasteiger partial charge is 0.398 e. The topological polar surface area (TPSA) is 58.3 Å². The fourth-order valence-electron chi connectivity index (χ4n) is 1.52.